The van der Waals surface area contributed by atoms with Gasteiger partial charge in [0.15, 0.2) is 0 Å². The van der Waals surface area contributed by atoms with Crippen LogP contribution in [0.4, 0.5) is 0 Å². The van der Waals surface area contributed by atoms with Crippen LogP contribution in [0.2, 0.25) is 0 Å². The van der Waals surface area contributed by atoms with Crippen molar-refractivity contribution in [1.82, 2.24) is 9.97 Å². The van der Waals surface area contributed by atoms with E-state index in [9.17, 15) is 0 Å². The van der Waals surface area contributed by atoms with Gasteiger partial charge in [0.1, 0.15) is 11.0 Å². The van der Waals surface area contributed by atoms with Crippen LogP contribution in [0.1, 0.15) is 0 Å². The molecule has 5 heteroatoms. The highest BCUT2D eigenvalue weighted by Gasteiger charge is 2.17. The molecule has 0 unspecified atom stereocenters. The Morgan fingerprint density at radius 1 is 0.737 bits per heavy atom. The second-order valence-electron chi connectivity index (χ2n) is 3.97. The highest BCUT2D eigenvalue weighted by atomic mass is 32.1. The number of hydrogen-bond acceptors (Lipinski definition) is 5. The first kappa shape index (κ1) is 11.3. The second-order valence-corrected chi connectivity index (χ2v) is 6.88. The quantitative estimate of drug-likeness (QED) is 0.512. The standard InChI is InChI=1S/C14H8N2S3/c1-3-9(17-7-1)13-11-12(16-6-5-15-11)14(19-13)10-4-2-8-18-10/h1-8H. The minimum atomic E-state index is 1.01. The molecule has 0 bridgehead atoms. The molecule has 0 atom stereocenters. The Hall–Kier alpha value is -1.56. The van der Waals surface area contributed by atoms with Crippen molar-refractivity contribution in [2.24, 2.45) is 0 Å². The Morgan fingerprint density at radius 3 is 1.68 bits per heavy atom. The molecule has 0 radical (unpaired) electrons. The number of hydrogen-bond donors (Lipinski definition) is 0. The summed E-state index contributed by atoms with van der Waals surface area (Å²) in [5.41, 5.74) is 2.02. The third kappa shape index (κ3) is 1.82. The molecule has 0 amide bonds. The van der Waals surface area contributed by atoms with E-state index in [0.29, 0.717) is 0 Å². The van der Waals surface area contributed by atoms with Crippen LogP contribution in [-0.4, -0.2) is 9.97 Å². The van der Waals surface area contributed by atoms with E-state index in [4.69, 9.17) is 0 Å². The van der Waals surface area contributed by atoms with Crippen LogP contribution in [0.5, 0.6) is 0 Å². The lowest BCUT2D eigenvalue weighted by Gasteiger charge is -1.92. The number of nitrogens with zero attached hydrogens (tertiary/aromatic N) is 2. The van der Waals surface area contributed by atoms with Crippen molar-refractivity contribution in [3.8, 4) is 19.5 Å². The van der Waals surface area contributed by atoms with Gasteiger partial charge in [0.05, 0.1) is 9.75 Å². The zero-order valence-electron chi connectivity index (χ0n) is 9.74. The predicted octanol–water partition coefficient (Wildman–Crippen LogP) is 5.15. The van der Waals surface area contributed by atoms with E-state index < -0.39 is 0 Å². The molecule has 0 fully saturated rings. The minimum Gasteiger partial charge on any atom is -0.251 e. The first-order valence-corrected chi connectivity index (χ1v) is 8.32. The van der Waals surface area contributed by atoms with Crippen molar-refractivity contribution < 1.29 is 0 Å². The summed E-state index contributed by atoms with van der Waals surface area (Å²) < 4.78 is 0. The van der Waals surface area contributed by atoms with Gasteiger partial charge in [-0.1, -0.05) is 12.1 Å². The van der Waals surface area contributed by atoms with Gasteiger partial charge >= 0.3 is 0 Å². The number of thiophene rings is 3. The summed E-state index contributed by atoms with van der Waals surface area (Å²) in [5.74, 6) is 0. The molecule has 0 spiro atoms. The van der Waals surface area contributed by atoms with Crippen LogP contribution in [0.25, 0.3) is 30.5 Å². The largest absolute Gasteiger partial charge is 0.251 e. The van der Waals surface area contributed by atoms with Crippen LogP contribution in [0.15, 0.2) is 47.4 Å². The molecule has 0 aromatic carbocycles. The molecular formula is C14H8N2S3. The number of fused-ring (bicyclic) bond motifs is 1. The van der Waals surface area contributed by atoms with Crippen molar-refractivity contribution in [3.05, 3.63) is 47.4 Å². The van der Waals surface area contributed by atoms with E-state index in [0.717, 1.165) is 11.0 Å². The fourth-order valence-corrected chi connectivity index (χ4v) is 4.92. The summed E-state index contributed by atoms with van der Waals surface area (Å²) in [6, 6.07) is 8.44. The molecule has 0 aliphatic carbocycles. The van der Waals surface area contributed by atoms with Crippen LogP contribution >= 0.6 is 34.0 Å². The van der Waals surface area contributed by atoms with E-state index in [1.165, 1.54) is 19.5 Å². The molecule has 0 saturated heterocycles. The van der Waals surface area contributed by atoms with Gasteiger partial charge in [-0.05, 0) is 22.9 Å². The molecular weight excluding hydrogens is 292 g/mol. The summed E-state index contributed by atoms with van der Waals surface area (Å²) in [5, 5.41) is 4.20. The predicted molar refractivity (Wildman–Crippen MR) is 84.0 cm³/mol. The average Bonchev–Trinajstić information content (AvgIpc) is 3.18. The molecule has 4 aromatic heterocycles. The Kier molecular flexibility index (Phi) is 2.69. The number of rotatable bonds is 2. The van der Waals surface area contributed by atoms with Gasteiger partial charge in [-0.25, -0.2) is 0 Å². The zero-order valence-corrected chi connectivity index (χ0v) is 12.2. The Bertz CT molecular complexity index is 746. The van der Waals surface area contributed by atoms with Gasteiger partial charge < -0.3 is 0 Å². The van der Waals surface area contributed by atoms with Gasteiger partial charge in [0, 0.05) is 22.1 Å². The maximum atomic E-state index is 4.53. The molecule has 0 aliphatic heterocycles. The van der Waals surface area contributed by atoms with Gasteiger partial charge in [-0.3, -0.25) is 9.97 Å². The Balaban J connectivity index is 2.06. The lowest BCUT2D eigenvalue weighted by atomic mass is 10.3. The van der Waals surface area contributed by atoms with Gasteiger partial charge in [-0.15, -0.1) is 34.0 Å². The topological polar surface area (TPSA) is 25.8 Å². The number of aromatic nitrogens is 2. The van der Waals surface area contributed by atoms with Crippen LogP contribution in [0.3, 0.4) is 0 Å². The van der Waals surface area contributed by atoms with Crippen LogP contribution < -0.4 is 0 Å². The van der Waals surface area contributed by atoms with Crippen molar-refractivity contribution >= 4 is 45.0 Å². The van der Waals surface area contributed by atoms with Gasteiger partial charge in [0.25, 0.3) is 0 Å². The summed E-state index contributed by atoms with van der Waals surface area (Å²) in [7, 11) is 0. The molecule has 92 valence electrons. The molecule has 19 heavy (non-hydrogen) atoms. The summed E-state index contributed by atoms with van der Waals surface area (Å²) in [6.07, 6.45) is 3.54. The fourth-order valence-electron chi connectivity index (χ4n) is 2.02. The van der Waals surface area contributed by atoms with Crippen molar-refractivity contribution in [1.29, 1.82) is 0 Å². The van der Waals surface area contributed by atoms with E-state index in [1.807, 2.05) is 0 Å². The second kappa shape index (κ2) is 4.52. The lowest BCUT2D eigenvalue weighted by Crippen LogP contribution is -1.79. The molecule has 4 aromatic rings. The normalized spacial score (nSPS) is 11.2. The maximum Gasteiger partial charge on any atom is 0.109 e. The monoisotopic (exact) mass is 300 g/mol. The first-order chi connectivity index (χ1) is 9.43. The van der Waals surface area contributed by atoms with E-state index in [1.54, 1.807) is 46.4 Å². The van der Waals surface area contributed by atoms with Gasteiger partial charge in [-0.2, -0.15) is 0 Å². The first-order valence-electron chi connectivity index (χ1n) is 5.75. The summed E-state index contributed by atoms with van der Waals surface area (Å²) in [6.45, 7) is 0. The van der Waals surface area contributed by atoms with Crippen molar-refractivity contribution in [3.63, 3.8) is 0 Å². The molecule has 0 aliphatic rings. The third-order valence-electron chi connectivity index (χ3n) is 2.82. The smallest absolute Gasteiger partial charge is 0.109 e. The van der Waals surface area contributed by atoms with E-state index in [-0.39, 0.29) is 0 Å². The summed E-state index contributed by atoms with van der Waals surface area (Å²) >= 11 is 5.28. The van der Waals surface area contributed by atoms with Crippen molar-refractivity contribution in [2.75, 3.05) is 0 Å². The van der Waals surface area contributed by atoms with Crippen LogP contribution in [0, 0.1) is 0 Å². The SMILES string of the molecule is c1csc(-c2sc(-c3cccs3)c3nccnc23)c1. The fraction of sp³-hybridized carbons (Fsp3) is 0. The Morgan fingerprint density at radius 2 is 1.26 bits per heavy atom. The Labute approximate surface area is 122 Å². The zero-order chi connectivity index (χ0) is 12.7. The maximum absolute atomic E-state index is 4.53. The average molecular weight is 300 g/mol. The van der Waals surface area contributed by atoms with Crippen molar-refractivity contribution in [2.45, 2.75) is 0 Å². The molecule has 4 heterocycles. The van der Waals surface area contributed by atoms with E-state index >= 15 is 0 Å². The van der Waals surface area contributed by atoms with E-state index in [2.05, 4.69) is 45.0 Å². The lowest BCUT2D eigenvalue weighted by molar-refractivity contribution is 1.31. The highest BCUT2D eigenvalue weighted by Crippen LogP contribution is 2.44. The highest BCUT2D eigenvalue weighted by molar-refractivity contribution is 7.27. The molecule has 0 saturated carbocycles. The third-order valence-corrected chi connectivity index (χ3v) is 6.09. The molecule has 0 N–H and O–H groups in total. The van der Waals surface area contributed by atoms with Crippen LogP contribution in [-0.2, 0) is 0 Å². The van der Waals surface area contributed by atoms with Gasteiger partial charge in [0.2, 0.25) is 0 Å². The summed E-state index contributed by atoms with van der Waals surface area (Å²) in [4.78, 5) is 14.0. The molecule has 4 rings (SSSR count). The minimum absolute atomic E-state index is 1.01. The molecule has 2 nitrogen and oxygen atoms in total.